The van der Waals surface area contributed by atoms with Gasteiger partial charge in [0.15, 0.2) is 0 Å². The van der Waals surface area contributed by atoms with Crippen LogP contribution in [-0.2, 0) is 9.84 Å². The molecule has 0 saturated carbocycles. The van der Waals surface area contributed by atoms with Crippen LogP contribution in [0.4, 0.5) is 0 Å². The summed E-state index contributed by atoms with van der Waals surface area (Å²) in [4.78, 5) is 3.93. The summed E-state index contributed by atoms with van der Waals surface area (Å²) in [6.07, 6.45) is 0. The Morgan fingerprint density at radius 2 is 1.78 bits per heavy atom. The SMILES string of the molecule is COc1ccc(OCC2=CS(=O)(=O)C(C)=N2)cc1. The minimum atomic E-state index is -3.30. The van der Waals surface area contributed by atoms with Crippen molar-refractivity contribution in [3.05, 3.63) is 35.4 Å². The van der Waals surface area contributed by atoms with Crippen LogP contribution in [0, 0.1) is 0 Å². The number of ether oxygens (including phenoxy) is 2. The van der Waals surface area contributed by atoms with Crippen molar-refractivity contribution in [2.24, 2.45) is 4.99 Å². The van der Waals surface area contributed by atoms with Gasteiger partial charge < -0.3 is 9.47 Å². The highest BCUT2D eigenvalue weighted by Crippen LogP contribution is 2.19. The second-order valence-corrected chi connectivity index (χ2v) is 5.67. The summed E-state index contributed by atoms with van der Waals surface area (Å²) in [7, 11) is -1.72. The number of nitrogens with zero attached hydrogens (tertiary/aromatic N) is 1. The van der Waals surface area contributed by atoms with Crippen LogP contribution in [-0.4, -0.2) is 27.2 Å². The molecule has 18 heavy (non-hydrogen) atoms. The van der Waals surface area contributed by atoms with Gasteiger partial charge in [-0.1, -0.05) is 0 Å². The van der Waals surface area contributed by atoms with E-state index < -0.39 is 9.84 Å². The smallest absolute Gasteiger partial charge is 0.214 e. The molecule has 96 valence electrons. The first-order valence-electron chi connectivity index (χ1n) is 5.29. The number of benzene rings is 1. The lowest BCUT2D eigenvalue weighted by Gasteiger charge is -2.05. The molecule has 0 fully saturated rings. The van der Waals surface area contributed by atoms with Crippen LogP contribution in [0.2, 0.25) is 0 Å². The summed E-state index contributed by atoms with van der Waals surface area (Å²) in [6.45, 7) is 1.59. The molecule has 5 nitrogen and oxygen atoms in total. The van der Waals surface area contributed by atoms with Gasteiger partial charge in [-0.3, -0.25) is 0 Å². The van der Waals surface area contributed by atoms with Crippen molar-refractivity contribution in [2.75, 3.05) is 13.7 Å². The van der Waals surface area contributed by atoms with Gasteiger partial charge in [-0.15, -0.1) is 0 Å². The van der Waals surface area contributed by atoms with E-state index in [9.17, 15) is 8.42 Å². The molecule has 0 N–H and O–H groups in total. The minimum Gasteiger partial charge on any atom is -0.497 e. The van der Waals surface area contributed by atoms with Gasteiger partial charge >= 0.3 is 0 Å². The first-order chi connectivity index (χ1) is 8.51. The van der Waals surface area contributed by atoms with Crippen molar-refractivity contribution in [3.63, 3.8) is 0 Å². The van der Waals surface area contributed by atoms with E-state index in [4.69, 9.17) is 9.47 Å². The average Bonchev–Trinajstić information content (AvgIpc) is 2.61. The zero-order chi connectivity index (χ0) is 13.2. The molecule has 1 aromatic rings. The molecule has 0 amide bonds. The van der Waals surface area contributed by atoms with Crippen LogP contribution in [0.1, 0.15) is 6.92 Å². The van der Waals surface area contributed by atoms with Gasteiger partial charge in [-0.05, 0) is 31.2 Å². The van der Waals surface area contributed by atoms with E-state index in [1.54, 1.807) is 31.4 Å². The van der Waals surface area contributed by atoms with E-state index in [0.29, 0.717) is 11.4 Å². The van der Waals surface area contributed by atoms with Gasteiger partial charge in [0, 0.05) is 0 Å². The lowest BCUT2D eigenvalue weighted by atomic mass is 10.3. The third kappa shape index (κ3) is 2.70. The van der Waals surface area contributed by atoms with E-state index in [1.165, 1.54) is 6.92 Å². The van der Waals surface area contributed by atoms with Crippen LogP contribution in [0.5, 0.6) is 11.5 Å². The van der Waals surface area contributed by atoms with Gasteiger partial charge in [0.05, 0.1) is 18.2 Å². The van der Waals surface area contributed by atoms with Crippen LogP contribution in [0.25, 0.3) is 0 Å². The predicted octanol–water partition coefficient (Wildman–Crippen LogP) is 1.76. The molecule has 0 radical (unpaired) electrons. The highest BCUT2D eigenvalue weighted by atomic mass is 32.2. The van der Waals surface area contributed by atoms with E-state index >= 15 is 0 Å². The number of aliphatic imine (C=N–C) groups is 1. The Kier molecular flexibility index (Phi) is 3.38. The molecule has 1 aliphatic heterocycles. The van der Waals surface area contributed by atoms with Crippen molar-refractivity contribution in [1.82, 2.24) is 0 Å². The van der Waals surface area contributed by atoms with Crippen molar-refractivity contribution in [3.8, 4) is 11.5 Å². The van der Waals surface area contributed by atoms with Gasteiger partial charge in [-0.25, -0.2) is 13.4 Å². The summed E-state index contributed by atoms with van der Waals surface area (Å²) in [5.74, 6) is 1.37. The second-order valence-electron chi connectivity index (χ2n) is 3.75. The summed E-state index contributed by atoms with van der Waals surface area (Å²) in [6, 6.07) is 7.03. The Morgan fingerprint density at radius 3 is 2.28 bits per heavy atom. The van der Waals surface area contributed by atoms with E-state index in [-0.39, 0.29) is 11.7 Å². The fourth-order valence-electron chi connectivity index (χ4n) is 1.45. The van der Waals surface area contributed by atoms with Crippen molar-refractivity contribution >= 4 is 14.9 Å². The number of hydrogen-bond acceptors (Lipinski definition) is 5. The first kappa shape index (κ1) is 12.6. The molecule has 0 atom stereocenters. The number of rotatable bonds is 4. The lowest BCUT2D eigenvalue weighted by molar-refractivity contribution is 0.349. The topological polar surface area (TPSA) is 65.0 Å². The van der Waals surface area contributed by atoms with Crippen molar-refractivity contribution in [2.45, 2.75) is 6.92 Å². The third-order valence-electron chi connectivity index (χ3n) is 2.45. The van der Waals surface area contributed by atoms with Gasteiger partial charge in [-0.2, -0.15) is 0 Å². The zero-order valence-electron chi connectivity index (χ0n) is 10.1. The summed E-state index contributed by atoms with van der Waals surface area (Å²) >= 11 is 0. The average molecular weight is 267 g/mol. The summed E-state index contributed by atoms with van der Waals surface area (Å²) < 4.78 is 33.2. The maximum absolute atomic E-state index is 11.4. The van der Waals surface area contributed by atoms with E-state index in [1.807, 2.05) is 0 Å². The number of hydrogen-bond donors (Lipinski definition) is 0. The molecule has 6 heteroatoms. The van der Waals surface area contributed by atoms with Gasteiger partial charge in [0.1, 0.15) is 23.1 Å². The molecule has 0 saturated heterocycles. The van der Waals surface area contributed by atoms with Crippen molar-refractivity contribution in [1.29, 1.82) is 0 Å². The fourth-order valence-corrected chi connectivity index (χ4v) is 2.35. The Hall–Kier alpha value is -1.82. The van der Waals surface area contributed by atoms with Gasteiger partial charge in [0.25, 0.3) is 0 Å². The van der Waals surface area contributed by atoms with Crippen LogP contribution >= 0.6 is 0 Å². The quantitative estimate of drug-likeness (QED) is 0.833. The monoisotopic (exact) mass is 267 g/mol. The Balaban J connectivity index is 2.01. The molecule has 1 aliphatic rings. The lowest BCUT2D eigenvalue weighted by Crippen LogP contribution is -2.01. The minimum absolute atomic E-state index is 0.107. The molecule has 0 aromatic heterocycles. The molecule has 0 spiro atoms. The zero-order valence-corrected chi connectivity index (χ0v) is 10.9. The Labute approximate surface area is 106 Å². The predicted molar refractivity (Wildman–Crippen MR) is 68.6 cm³/mol. The largest absolute Gasteiger partial charge is 0.497 e. The fraction of sp³-hybridized carbons (Fsp3) is 0.250. The molecule has 1 heterocycles. The highest BCUT2D eigenvalue weighted by molar-refractivity contribution is 8.09. The van der Waals surface area contributed by atoms with E-state index in [0.717, 1.165) is 11.2 Å². The van der Waals surface area contributed by atoms with Crippen molar-refractivity contribution < 1.29 is 17.9 Å². The summed E-state index contributed by atoms with van der Waals surface area (Å²) in [5, 5.41) is 1.24. The standard InChI is InChI=1S/C12H13NO4S/c1-9-13-10(8-18(9,14)15)7-17-12-5-3-11(16-2)4-6-12/h3-6,8H,7H2,1-2H3. The van der Waals surface area contributed by atoms with Crippen LogP contribution < -0.4 is 9.47 Å². The number of methoxy groups -OCH3 is 1. The van der Waals surface area contributed by atoms with Crippen LogP contribution in [0.3, 0.4) is 0 Å². The molecule has 1 aromatic carbocycles. The Morgan fingerprint density at radius 1 is 1.17 bits per heavy atom. The van der Waals surface area contributed by atoms with E-state index in [2.05, 4.69) is 4.99 Å². The maximum Gasteiger partial charge on any atom is 0.214 e. The Bertz CT molecular complexity index is 599. The summed E-state index contributed by atoms with van der Waals surface area (Å²) in [5.41, 5.74) is 0.406. The molecular formula is C12H13NO4S. The highest BCUT2D eigenvalue weighted by Gasteiger charge is 2.20. The second kappa shape index (κ2) is 4.81. The molecule has 0 bridgehead atoms. The molecule has 0 unspecified atom stereocenters. The molecule has 0 aliphatic carbocycles. The first-order valence-corrected chi connectivity index (χ1v) is 6.84. The maximum atomic E-state index is 11.4. The van der Waals surface area contributed by atoms with Gasteiger partial charge in [0.2, 0.25) is 9.84 Å². The molecule has 2 rings (SSSR count). The normalized spacial score (nSPS) is 17.0. The third-order valence-corrected chi connectivity index (χ3v) is 3.95. The van der Waals surface area contributed by atoms with Crippen LogP contribution in [0.15, 0.2) is 40.4 Å². The number of sulfone groups is 1. The molecular weight excluding hydrogens is 254 g/mol.